The molecule has 5 nitrogen and oxygen atoms in total. The van der Waals surface area contributed by atoms with E-state index in [-0.39, 0.29) is 17.2 Å². The van der Waals surface area contributed by atoms with Crippen molar-refractivity contribution in [3.8, 4) is 5.75 Å². The van der Waals surface area contributed by atoms with Crippen LogP contribution in [0.25, 0.3) is 0 Å². The van der Waals surface area contributed by atoms with E-state index in [2.05, 4.69) is 5.32 Å². The minimum atomic E-state index is -1.01. The maximum Gasteiger partial charge on any atom is 0.325 e. The van der Waals surface area contributed by atoms with Gasteiger partial charge in [0.15, 0.2) is 0 Å². The van der Waals surface area contributed by atoms with Crippen LogP contribution >= 0.6 is 0 Å². The molecule has 3 atom stereocenters. The Morgan fingerprint density at radius 3 is 2.95 bits per heavy atom. The van der Waals surface area contributed by atoms with Gasteiger partial charge in [0, 0.05) is 16.9 Å². The first-order chi connectivity index (χ1) is 9.54. The van der Waals surface area contributed by atoms with Gasteiger partial charge in [0.2, 0.25) is 5.91 Å². The van der Waals surface area contributed by atoms with Gasteiger partial charge in [0.25, 0.3) is 0 Å². The average Bonchev–Trinajstić information content (AvgIpc) is 3.14. The Kier molecular flexibility index (Phi) is 2.92. The van der Waals surface area contributed by atoms with Crippen LogP contribution < -0.4 is 10.1 Å². The number of ether oxygens (including phenoxy) is 1. The predicted octanol–water partition coefficient (Wildman–Crippen LogP) is 1.32. The van der Waals surface area contributed by atoms with Crippen LogP contribution in [-0.2, 0) is 15.0 Å². The molecule has 5 heteroatoms. The molecule has 0 saturated heterocycles. The zero-order valence-corrected chi connectivity index (χ0v) is 11.3. The second-order valence-corrected chi connectivity index (χ2v) is 5.58. The highest BCUT2D eigenvalue weighted by molar-refractivity contribution is 5.88. The molecule has 2 N–H and O–H groups in total. The Morgan fingerprint density at radius 1 is 1.45 bits per heavy atom. The van der Waals surface area contributed by atoms with Gasteiger partial charge in [-0.05, 0) is 25.8 Å². The number of nitrogens with one attached hydrogen (secondary N) is 1. The SMILES string of the molecule is CC(NC(=O)C1CC12CCOc1ccccc12)C(=O)O. The van der Waals surface area contributed by atoms with E-state index in [9.17, 15) is 9.59 Å². The summed E-state index contributed by atoms with van der Waals surface area (Å²) in [4.78, 5) is 23.0. The molecule has 1 aliphatic carbocycles. The smallest absolute Gasteiger partial charge is 0.325 e. The summed E-state index contributed by atoms with van der Waals surface area (Å²) >= 11 is 0. The van der Waals surface area contributed by atoms with Crippen LogP contribution in [0, 0.1) is 5.92 Å². The maximum absolute atomic E-state index is 12.2. The van der Waals surface area contributed by atoms with Gasteiger partial charge in [-0.1, -0.05) is 18.2 Å². The molecular weight excluding hydrogens is 258 g/mol. The second-order valence-electron chi connectivity index (χ2n) is 5.58. The Bertz CT molecular complexity index is 571. The number of hydrogen-bond acceptors (Lipinski definition) is 3. The van der Waals surface area contributed by atoms with Crippen LogP contribution in [0.2, 0.25) is 0 Å². The van der Waals surface area contributed by atoms with E-state index in [1.165, 1.54) is 6.92 Å². The summed E-state index contributed by atoms with van der Waals surface area (Å²) < 4.78 is 5.62. The molecule has 3 unspecified atom stereocenters. The zero-order chi connectivity index (χ0) is 14.3. The molecule has 1 aromatic carbocycles. The number of hydrogen-bond donors (Lipinski definition) is 2. The Morgan fingerprint density at radius 2 is 2.20 bits per heavy atom. The van der Waals surface area contributed by atoms with Gasteiger partial charge < -0.3 is 15.2 Å². The van der Waals surface area contributed by atoms with Gasteiger partial charge in [-0.15, -0.1) is 0 Å². The number of carboxylic acids is 1. The lowest BCUT2D eigenvalue weighted by Crippen LogP contribution is -2.40. The summed E-state index contributed by atoms with van der Waals surface area (Å²) in [5, 5.41) is 11.4. The molecule has 20 heavy (non-hydrogen) atoms. The number of benzene rings is 1. The van der Waals surface area contributed by atoms with Crippen LogP contribution in [0.15, 0.2) is 24.3 Å². The molecule has 1 saturated carbocycles. The number of aliphatic carboxylic acids is 1. The van der Waals surface area contributed by atoms with Gasteiger partial charge in [-0.3, -0.25) is 9.59 Å². The van der Waals surface area contributed by atoms with Crippen molar-refractivity contribution < 1.29 is 19.4 Å². The van der Waals surface area contributed by atoms with Crippen molar-refractivity contribution in [2.24, 2.45) is 5.92 Å². The van der Waals surface area contributed by atoms with Crippen molar-refractivity contribution >= 4 is 11.9 Å². The summed E-state index contributed by atoms with van der Waals surface area (Å²) in [6.07, 6.45) is 1.58. The van der Waals surface area contributed by atoms with E-state index < -0.39 is 12.0 Å². The number of carboxylic acid groups (broad SMARTS) is 1. The molecule has 0 aromatic heterocycles. The predicted molar refractivity (Wildman–Crippen MR) is 71.6 cm³/mol. The van der Waals surface area contributed by atoms with Gasteiger partial charge >= 0.3 is 5.97 Å². The highest BCUT2D eigenvalue weighted by atomic mass is 16.5. The lowest BCUT2D eigenvalue weighted by Gasteiger charge is -2.26. The minimum Gasteiger partial charge on any atom is -0.493 e. The number of fused-ring (bicyclic) bond motifs is 2. The molecule has 106 valence electrons. The normalized spacial score (nSPS) is 28.1. The first-order valence-electron chi connectivity index (χ1n) is 6.80. The Labute approximate surface area is 116 Å². The van der Waals surface area contributed by atoms with E-state index in [4.69, 9.17) is 9.84 Å². The third kappa shape index (κ3) is 1.94. The fourth-order valence-electron chi connectivity index (χ4n) is 3.08. The molecule has 0 radical (unpaired) electrons. The highest BCUT2D eigenvalue weighted by Crippen LogP contribution is 2.60. The van der Waals surface area contributed by atoms with Crippen LogP contribution in [0.5, 0.6) is 5.75 Å². The summed E-state index contributed by atoms with van der Waals surface area (Å²) in [7, 11) is 0. The summed E-state index contributed by atoms with van der Waals surface area (Å²) in [5.41, 5.74) is 0.923. The molecular formula is C15H17NO4. The largest absolute Gasteiger partial charge is 0.493 e. The Hall–Kier alpha value is -2.04. The number of rotatable bonds is 3. The number of carbonyl (C=O) groups excluding carboxylic acids is 1. The standard InChI is InChI=1S/C15H17NO4/c1-9(14(18)19)16-13(17)11-8-15(11)6-7-20-12-5-3-2-4-10(12)15/h2-5,9,11H,6-8H2,1H3,(H,16,17)(H,18,19). The van der Waals surface area contributed by atoms with Gasteiger partial charge in [-0.25, -0.2) is 0 Å². The van der Waals surface area contributed by atoms with E-state index in [0.29, 0.717) is 6.61 Å². The van der Waals surface area contributed by atoms with E-state index in [0.717, 1.165) is 24.2 Å². The third-order valence-electron chi connectivity index (χ3n) is 4.35. The van der Waals surface area contributed by atoms with E-state index >= 15 is 0 Å². The van der Waals surface area contributed by atoms with Crippen LogP contribution in [0.3, 0.4) is 0 Å². The molecule has 1 amide bonds. The first kappa shape index (κ1) is 13.0. The van der Waals surface area contributed by atoms with Gasteiger partial charge in [0.05, 0.1) is 6.61 Å². The van der Waals surface area contributed by atoms with Crippen molar-refractivity contribution in [2.45, 2.75) is 31.2 Å². The summed E-state index contributed by atoms with van der Waals surface area (Å²) in [6, 6.07) is 6.94. The van der Waals surface area contributed by atoms with Crippen LogP contribution in [0.4, 0.5) is 0 Å². The molecule has 1 heterocycles. The molecule has 1 aliphatic heterocycles. The monoisotopic (exact) mass is 275 g/mol. The number of carbonyl (C=O) groups is 2. The highest BCUT2D eigenvalue weighted by Gasteiger charge is 2.61. The molecule has 2 aliphatic rings. The molecule has 1 aromatic rings. The molecule has 3 rings (SSSR count). The lowest BCUT2D eigenvalue weighted by molar-refractivity contribution is -0.141. The van der Waals surface area contributed by atoms with E-state index in [1.54, 1.807) is 0 Å². The topological polar surface area (TPSA) is 75.6 Å². The van der Waals surface area contributed by atoms with Crippen LogP contribution in [0.1, 0.15) is 25.3 Å². The lowest BCUT2D eigenvalue weighted by atomic mass is 9.87. The van der Waals surface area contributed by atoms with Crippen molar-refractivity contribution in [3.05, 3.63) is 29.8 Å². The second kappa shape index (κ2) is 4.51. The molecule has 1 spiro atoms. The zero-order valence-electron chi connectivity index (χ0n) is 11.3. The fourth-order valence-corrected chi connectivity index (χ4v) is 3.08. The maximum atomic E-state index is 12.2. The quantitative estimate of drug-likeness (QED) is 0.872. The fraction of sp³-hybridized carbons (Fsp3) is 0.467. The van der Waals surface area contributed by atoms with E-state index in [1.807, 2.05) is 24.3 Å². The molecule has 0 bridgehead atoms. The van der Waals surface area contributed by atoms with Crippen molar-refractivity contribution in [2.75, 3.05) is 6.61 Å². The van der Waals surface area contributed by atoms with Crippen molar-refractivity contribution in [1.29, 1.82) is 0 Å². The van der Waals surface area contributed by atoms with Gasteiger partial charge in [0.1, 0.15) is 11.8 Å². The van der Waals surface area contributed by atoms with Crippen molar-refractivity contribution in [3.63, 3.8) is 0 Å². The summed E-state index contributed by atoms with van der Waals surface area (Å²) in [5.74, 6) is -0.480. The van der Waals surface area contributed by atoms with Gasteiger partial charge in [-0.2, -0.15) is 0 Å². The third-order valence-corrected chi connectivity index (χ3v) is 4.35. The Balaban J connectivity index is 1.78. The minimum absolute atomic E-state index is 0.144. The first-order valence-corrected chi connectivity index (χ1v) is 6.80. The number of amides is 1. The van der Waals surface area contributed by atoms with Crippen molar-refractivity contribution in [1.82, 2.24) is 5.32 Å². The molecule has 1 fully saturated rings. The summed E-state index contributed by atoms with van der Waals surface area (Å²) in [6.45, 7) is 2.09. The average molecular weight is 275 g/mol. The number of para-hydroxylation sites is 1. The van der Waals surface area contributed by atoms with Crippen LogP contribution in [-0.4, -0.2) is 29.6 Å².